The lowest BCUT2D eigenvalue weighted by atomic mass is 9.77. The predicted octanol–water partition coefficient (Wildman–Crippen LogP) is 6.27. The number of benzene rings is 3. The molecule has 6 nitrogen and oxygen atoms in total. The Balaban J connectivity index is 1.76. The largest absolute Gasteiger partial charge is 0.482 e. The highest BCUT2D eigenvalue weighted by molar-refractivity contribution is 6.34. The summed E-state index contributed by atoms with van der Waals surface area (Å²) < 4.78 is 48.8. The number of hydrogen-bond donors (Lipinski definition) is 2. The number of alkyl halides is 3. The van der Waals surface area contributed by atoms with Gasteiger partial charge in [-0.15, -0.1) is 0 Å². The number of carboxylic acid groups (broad SMARTS) is 1. The normalized spacial score (nSPS) is 16.0. The van der Waals surface area contributed by atoms with E-state index in [0.717, 1.165) is 12.1 Å². The van der Waals surface area contributed by atoms with E-state index in [0.29, 0.717) is 11.1 Å². The van der Waals surface area contributed by atoms with Gasteiger partial charge in [0.25, 0.3) is 5.91 Å². The molecule has 0 saturated heterocycles. The summed E-state index contributed by atoms with van der Waals surface area (Å²) in [5.74, 6) is -2.98. The summed E-state index contributed by atoms with van der Waals surface area (Å²) in [6, 6.07) is 12.0. The van der Waals surface area contributed by atoms with Crippen LogP contribution < -0.4 is 9.64 Å². The molecule has 11 heteroatoms. The number of nitrogens with zero attached hydrogens (tertiary/aromatic N) is 1. The number of rotatable bonds is 5. The standard InChI is InChI=1S/C26H20Cl2F3NO5/c1-13(17-6-3-14(9-19(17)27)15-4-7-18(24(34)35)20(28)10-15)25(36,26(29,30)31)16-5-8-22-21(11-16)32(2)23(33)12-37-22/h3-11,13,36H,12H2,1-2H3,(H,34,35)/t13-,25-/m0/s1. The first-order valence-corrected chi connectivity index (χ1v) is 11.7. The predicted molar refractivity (Wildman–Crippen MR) is 133 cm³/mol. The third-order valence-corrected chi connectivity index (χ3v) is 7.18. The molecule has 37 heavy (non-hydrogen) atoms. The zero-order valence-corrected chi connectivity index (χ0v) is 20.9. The van der Waals surface area contributed by atoms with Crippen LogP contribution >= 0.6 is 23.2 Å². The lowest BCUT2D eigenvalue weighted by molar-refractivity contribution is -0.274. The number of amides is 1. The Morgan fingerprint density at radius 2 is 1.65 bits per heavy atom. The van der Waals surface area contributed by atoms with Crippen LogP contribution in [0.5, 0.6) is 5.75 Å². The van der Waals surface area contributed by atoms with Gasteiger partial charge in [-0.25, -0.2) is 4.79 Å². The van der Waals surface area contributed by atoms with Crippen LogP contribution in [0.25, 0.3) is 11.1 Å². The molecule has 1 heterocycles. The molecule has 0 aliphatic carbocycles. The topological polar surface area (TPSA) is 87.1 Å². The molecule has 3 aromatic carbocycles. The summed E-state index contributed by atoms with van der Waals surface area (Å²) in [5, 5.41) is 20.3. The van der Waals surface area contributed by atoms with Crippen molar-refractivity contribution in [1.82, 2.24) is 0 Å². The van der Waals surface area contributed by atoms with E-state index in [1.807, 2.05) is 0 Å². The lowest BCUT2D eigenvalue weighted by Gasteiger charge is -2.38. The van der Waals surface area contributed by atoms with Crippen LogP contribution in [0.3, 0.4) is 0 Å². The van der Waals surface area contributed by atoms with Crippen molar-refractivity contribution in [2.45, 2.75) is 24.6 Å². The van der Waals surface area contributed by atoms with Gasteiger partial charge in [0.1, 0.15) is 5.75 Å². The Hall–Kier alpha value is -3.27. The Morgan fingerprint density at radius 1 is 1.03 bits per heavy atom. The van der Waals surface area contributed by atoms with E-state index in [9.17, 15) is 27.9 Å². The second-order valence-corrected chi connectivity index (χ2v) is 9.46. The summed E-state index contributed by atoms with van der Waals surface area (Å²) in [4.78, 5) is 24.4. The van der Waals surface area contributed by atoms with Crippen LogP contribution in [0.15, 0.2) is 54.6 Å². The van der Waals surface area contributed by atoms with E-state index in [-0.39, 0.29) is 39.2 Å². The van der Waals surface area contributed by atoms with Gasteiger partial charge in [0.05, 0.1) is 16.3 Å². The molecule has 1 amide bonds. The number of carbonyl (C=O) groups excluding carboxylic acids is 1. The summed E-state index contributed by atoms with van der Waals surface area (Å²) in [6.45, 7) is 0.965. The number of aliphatic hydroxyl groups is 1. The zero-order valence-electron chi connectivity index (χ0n) is 19.4. The SMILES string of the molecule is C[C@@H](c1ccc(-c2ccc(C(=O)O)c(Cl)c2)cc1Cl)[C@](O)(c1ccc2c(c1)N(C)C(=O)CO2)C(F)(F)F. The minimum Gasteiger partial charge on any atom is -0.482 e. The molecule has 0 fully saturated rings. The molecule has 0 saturated carbocycles. The molecule has 2 N–H and O–H groups in total. The van der Waals surface area contributed by atoms with Gasteiger partial charge in [-0.3, -0.25) is 4.79 Å². The first-order valence-electron chi connectivity index (χ1n) is 10.9. The maximum atomic E-state index is 14.5. The summed E-state index contributed by atoms with van der Waals surface area (Å²) in [6.07, 6.45) is -5.11. The van der Waals surface area contributed by atoms with Crippen LogP contribution in [0.4, 0.5) is 18.9 Å². The number of likely N-dealkylation sites (N-methyl/N-ethyl adjacent to an activating group) is 1. The van der Waals surface area contributed by atoms with Crippen molar-refractivity contribution in [3.8, 4) is 16.9 Å². The van der Waals surface area contributed by atoms with Gasteiger partial charge in [-0.1, -0.05) is 54.4 Å². The van der Waals surface area contributed by atoms with Crippen LogP contribution in [-0.2, 0) is 10.4 Å². The van der Waals surface area contributed by atoms with Crippen molar-refractivity contribution in [2.24, 2.45) is 0 Å². The highest BCUT2D eigenvalue weighted by atomic mass is 35.5. The fourth-order valence-electron chi connectivity index (χ4n) is 4.32. The molecular weight excluding hydrogens is 534 g/mol. The summed E-state index contributed by atoms with van der Waals surface area (Å²) >= 11 is 12.5. The van der Waals surface area contributed by atoms with Crippen molar-refractivity contribution >= 4 is 40.8 Å². The number of hydrogen-bond acceptors (Lipinski definition) is 4. The van der Waals surface area contributed by atoms with Gasteiger partial charge in [-0.05, 0) is 52.6 Å². The van der Waals surface area contributed by atoms with Crippen molar-refractivity contribution in [3.63, 3.8) is 0 Å². The van der Waals surface area contributed by atoms with Crippen LogP contribution in [0.2, 0.25) is 10.0 Å². The third-order valence-electron chi connectivity index (χ3n) is 6.54. The average molecular weight is 554 g/mol. The van der Waals surface area contributed by atoms with Crippen molar-refractivity contribution in [1.29, 1.82) is 0 Å². The zero-order chi connectivity index (χ0) is 27.3. The highest BCUT2D eigenvalue weighted by Crippen LogP contribution is 2.51. The highest BCUT2D eigenvalue weighted by Gasteiger charge is 2.59. The van der Waals surface area contributed by atoms with Gasteiger partial charge < -0.3 is 19.8 Å². The minimum absolute atomic E-state index is 0.00940. The van der Waals surface area contributed by atoms with Crippen molar-refractivity contribution in [3.05, 3.63) is 81.3 Å². The van der Waals surface area contributed by atoms with Crippen LogP contribution in [0, 0.1) is 0 Å². The van der Waals surface area contributed by atoms with E-state index in [1.54, 1.807) is 0 Å². The van der Waals surface area contributed by atoms with Gasteiger partial charge in [0, 0.05) is 18.0 Å². The third kappa shape index (κ3) is 4.63. The smallest absolute Gasteiger partial charge is 0.422 e. The van der Waals surface area contributed by atoms with Crippen LogP contribution in [0.1, 0.15) is 34.3 Å². The van der Waals surface area contributed by atoms with Gasteiger partial charge in [0.2, 0.25) is 0 Å². The Morgan fingerprint density at radius 3 is 2.22 bits per heavy atom. The molecule has 2 atom stereocenters. The Bertz CT molecular complexity index is 1410. The molecule has 0 radical (unpaired) electrons. The molecular formula is C26H20Cl2F3NO5. The maximum Gasteiger partial charge on any atom is 0.422 e. The second kappa shape index (κ2) is 9.55. The maximum absolute atomic E-state index is 14.5. The molecule has 1 aliphatic heterocycles. The van der Waals surface area contributed by atoms with E-state index >= 15 is 0 Å². The number of halogens is 5. The molecule has 3 aromatic rings. The molecule has 0 unspecified atom stereocenters. The fourth-order valence-corrected chi connectivity index (χ4v) is 4.93. The minimum atomic E-state index is -5.11. The van der Waals surface area contributed by atoms with Gasteiger partial charge in [0.15, 0.2) is 12.2 Å². The average Bonchev–Trinajstić information content (AvgIpc) is 2.84. The molecule has 194 valence electrons. The van der Waals surface area contributed by atoms with Crippen molar-refractivity contribution < 1.29 is 37.7 Å². The quantitative estimate of drug-likeness (QED) is 0.389. The van der Waals surface area contributed by atoms with E-state index in [4.69, 9.17) is 33.0 Å². The molecule has 0 bridgehead atoms. The van der Waals surface area contributed by atoms with Crippen molar-refractivity contribution in [2.75, 3.05) is 18.6 Å². The number of aromatic carboxylic acids is 1. The number of carbonyl (C=O) groups is 2. The monoisotopic (exact) mass is 553 g/mol. The molecule has 1 aliphatic rings. The number of ether oxygens (including phenoxy) is 1. The van der Waals surface area contributed by atoms with E-state index in [1.165, 1.54) is 61.3 Å². The molecule has 0 spiro atoms. The lowest BCUT2D eigenvalue weighted by Crippen LogP contribution is -2.47. The number of anilines is 1. The first kappa shape index (κ1) is 26.8. The first-order chi connectivity index (χ1) is 17.3. The Labute approximate surface area is 219 Å². The molecule has 0 aromatic heterocycles. The molecule has 4 rings (SSSR count). The van der Waals surface area contributed by atoms with E-state index in [2.05, 4.69) is 0 Å². The Kier molecular flexibility index (Phi) is 6.92. The van der Waals surface area contributed by atoms with Gasteiger partial charge >= 0.3 is 12.1 Å². The number of fused-ring (bicyclic) bond motifs is 1. The van der Waals surface area contributed by atoms with Crippen LogP contribution in [-0.4, -0.2) is 41.9 Å². The van der Waals surface area contributed by atoms with Gasteiger partial charge in [-0.2, -0.15) is 13.2 Å². The van der Waals surface area contributed by atoms with E-state index < -0.39 is 35.1 Å². The number of carboxylic acids is 1. The summed E-state index contributed by atoms with van der Waals surface area (Å²) in [5.41, 5.74) is -2.82. The summed E-state index contributed by atoms with van der Waals surface area (Å²) in [7, 11) is 1.41. The fraction of sp³-hybridized carbons (Fsp3) is 0.231. The second-order valence-electron chi connectivity index (χ2n) is 8.65.